The van der Waals surface area contributed by atoms with Crippen molar-refractivity contribution in [3.8, 4) is 11.5 Å². The van der Waals surface area contributed by atoms with Crippen molar-refractivity contribution in [1.82, 2.24) is 9.88 Å². The van der Waals surface area contributed by atoms with Gasteiger partial charge in [0.15, 0.2) is 0 Å². The zero-order valence-electron chi connectivity index (χ0n) is 21.7. The van der Waals surface area contributed by atoms with Crippen molar-refractivity contribution in [1.29, 1.82) is 0 Å². The molecule has 200 valence electrons. The summed E-state index contributed by atoms with van der Waals surface area (Å²) >= 11 is 8.36. The number of aromatic nitrogens is 1. The number of benzene rings is 2. The van der Waals surface area contributed by atoms with Gasteiger partial charge in [0.2, 0.25) is 0 Å². The number of rotatable bonds is 12. The lowest BCUT2D eigenvalue weighted by Gasteiger charge is -2.41. The Balaban J connectivity index is 1.27. The summed E-state index contributed by atoms with van der Waals surface area (Å²) in [6.45, 7) is 3.15. The summed E-state index contributed by atoms with van der Waals surface area (Å²) < 4.78 is 10.6. The van der Waals surface area contributed by atoms with Gasteiger partial charge in [-0.05, 0) is 105 Å². The molecule has 0 radical (unpaired) electrons. The first-order chi connectivity index (χ1) is 18.0. The molecule has 4 rings (SSSR count). The summed E-state index contributed by atoms with van der Waals surface area (Å²) in [6, 6.07) is 13.8. The van der Waals surface area contributed by atoms with Crippen LogP contribution in [0.2, 0.25) is 5.02 Å². The molecule has 0 amide bonds. The van der Waals surface area contributed by atoms with Crippen LogP contribution in [0.5, 0.6) is 11.5 Å². The number of fused-ring (bicyclic) bond motifs is 1. The third-order valence-electron chi connectivity index (χ3n) is 7.55. The van der Waals surface area contributed by atoms with Crippen molar-refractivity contribution in [3.63, 3.8) is 0 Å². The van der Waals surface area contributed by atoms with Crippen LogP contribution in [-0.2, 0) is 0 Å². The molecule has 1 aliphatic rings. The van der Waals surface area contributed by atoms with Crippen molar-refractivity contribution < 1.29 is 19.7 Å². The molecule has 8 heteroatoms. The average molecular weight is 545 g/mol. The number of thioether (sulfide) groups is 1. The Morgan fingerprint density at radius 1 is 1.08 bits per heavy atom. The summed E-state index contributed by atoms with van der Waals surface area (Å²) in [7, 11) is 3.30. The van der Waals surface area contributed by atoms with Gasteiger partial charge in [-0.2, -0.15) is 0 Å². The summed E-state index contributed by atoms with van der Waals surface area (Å²) in [6.07, 6.45) is 5.13. The van der Waals surface area contributed by atoms with E-state index in [0.717, 1.165) is 67.7 Å². The molecule has 0 unspecified atom stereocenters. The molecule has 3 aromatic rings. The maximum absolute atomic E-state index is 11.2. The molecule has 0 spiro atoms. The van der Waals surface area contributed by atoms with E-state index >= 15 is 0 Å². The Kier molecular flexibility index (Phi) is 9.96. The first-order valence-corrected chi connectivity index (χ1v) is 14.2. The predicted molar refractivity (Wildman–Crippen MR) is 151 cm³/mol. The summed E-state index contributed by atoms with van der Waals surface area (Å²) in [5.41, 5.74) is 1.29. The molecule has 0 bridgehead atoms. The fraction of sp³-hybridized carbons (Fsp3) is 0.483. The summed E-state index contributed by atoms with van der Waals surface area (Å²) in [5, 5.41) is 22.7. The van der Waals surface area contributed by atoms with Crippen molar-refractivity contribution in [3.05, 3.63) is 59.2 Å². The highest BCUT2D eigenvalue weighted by atomic mass is 35.5. The van der Waals surface area contributed by atoms with Gasteiger partial charge in [-0.15, -0.1) is 11.8 Å². The van der Waals surface area contributed by atoms with E-state index in [1.807, 2.05) is 42.1 Å². The SMILES string of the molecule is COc1ccc(SCCCN2CCC(CO)(CC[C@@H](O)c3c(Cl)cnc4ccc(OC)cc34)CC2)cc1. The number of likely N-dealkylation sites (tertiary alicyclic amines) is 1. The molecule has 1 saturated heterocycles. The second-order valence-corrected chi connectivity index (χ2v) is 11.4. The van der Waals surface area contributed by atoms with Crippen LogP contribution in [-0.4, -0.2) is 66.3 Å². The Bertz CT molecular complexity index is 1150. The Morgan fingerprint density at radius 2 is 1.78 bits per heavy atom. The van der Waals surface area contributed by atoms with Crippen LogP contribution < -0.4 is 9.47 Å². The van der Waals surface area contributed by atoms with E-state index in [1.54, 1.807) is 20.4 Å². The monoisotopic (exact) mass is 544 g/mol. The number of hydrogen-bond acceptors (Lipinski definition) is 7. The first kappa shape index (κ1) is 28.0. The number of aliphatic hydroxyl groups is 2. The number of hydrogen-bond donors (Lipinski definition) is 2. The van der Waals surface area contributed by atoms with Crippen LogP contribution in [0.3, 0.4) is 0 Å². The van der Waals surface area contributed by atoms with E-state index < -0.39 is 6.10 Å². The fourth-order valence-electron chi connectivity index (χ4n) is 5.11. The number of methoxy groups -OCH3 is 2. The van der Waals surface area contributed by atoms with Crippen LogP contribution >= 0.6 is 23.4 Å². The van der Waals surface area contributed by atoms with Crippen molar-refractivity contribution in [2.24, 2.45) is 5.41 Å². The molecule has 1 fully saturated rings. The highest BCUT2D eigenvalue weighted by Gasteiger charge is 2.34. The minimum atomic E-state index is -0.735. The molecule has 1 aromatic heterocycles. The minimum absolute atomic E-state index is 0.138. The molecule has 2 N–H and O–H groups in total. The van der Waals surface area contributed by atoms with Crippen LogP contribution in [0.1, 0.15) is 43.8 Å². The molecule has 0 saturated carbocycles. The second-order valence-electron chi connectivity index (χ2n) is 9.83. The fourth-order valence-corrected chi connectivity index (χ4v) is 6.22. The normalized spacial score (nSPS) is 16.6. The summed E-state index contributed by atoms with van der Waals surface area (Å²) in [4.78, 5) is 8.15. The second kappa shape index (κ2) is 13.2. The van der Waals surface area contributed by atoms with Gasteiger partial charge in [0.1, 0.15) is 11.5 Å². The van der Waals surface area contributed by atoms with Gasteiger partial charge in [-0.25, -0.2) is 0 Å². The third-order valence-corrected chi connectivity index (χ3v) is 8.95. The van der Waals surface area contributed by atoms with Crippen LogP contribution in [0.4, 0.5) is 0 Å². The third kappa shape index (κ3) is 7.09. The lowest BCUT2D eigenvalue weighted by molar-refractivity contribution is 0.0238. The largest absolute Gasteiger partial charge is 0.497 e. The van der Waals surface area contributed by atoms with Gasteiger partial charge >= 0.3 is 0 Å². The first-order valence-electron chi connectivity index (χ1n) is 12.9. The van der Waals surface area contributed by atoms with Gasteiger partial charge in [-0.3, -0.25) is 4.98 Å². The van der Waals surface area contributed by atoms with E-state index in [1.165, 1.54) is 4.90 Å². The van der Waals surface area contributed by atoms with E-state index in [4.69, 9.17) is 21.1 Å². The smallest absolute Gasteiger partial charge is 0.119 e. The van der Waals surface area contributed by atoms with Gasteiger partial charge in [0.25, 0.3) is 0 Å². The van der Waals surface area contributed by atoms with Crippen molar-refractivity contribution in [2.75, 3.05) is 46.2 Å². The van der Waals surface area contributed by atoms with Gasteiger partial charge in [0, 0.05) is 28.6 Å². The molecule has 0 aliphatic carbocycles. The molecule has 2 heterocycles. The topological polar surface area (TPSA) is 75.1 Å². The van der Waals surface area contributed by atoms with E-state index in [-0.39, 0.29) is 12.0 Å². The van der Waals surface area contributed by atoms with Crippen LogP contribution in [0.25, 0.3) is 10.9 Å². The van der Waals surface area contributed by atoms with Gasteiger partial charge in [0.05, 0.1) is 30.9 Å². The Hall–Kier alpha value is -2.03. The molecule has 6 nitrogen and oxygen atoms in total. The van der Waals surface area contributed by atoms with Gasteiger partial charge in [-0.1, -0.05) is 11.6 Å². The van der Waals surface area contributed by atoms with Crippen molar-refractivity contribution in [2.45, 2.75) is 43.1 Å². The molecule has 1 aliphatic heterocycles. The zero-order valence-corrected chi connectivity index (χ0v) is 23.2. The maximum Gasteiger partial charge on any atom is 0.119 e. The molecule has 1 atom stereocenters. The van der Waals surface area contributed by atoms with Crippen LogP contribution in [0, 0.1) is 5.41 Å². The minimum Gasteiger partial charge on any atom is -0.497 e. The summed E-state index contributed by atoms with van der Waals surface area (Å²) in [5.74, 6) is 2.66. The number of aliphatic hydroxyl groups excluding tert-OH is 2. The highest BCUT2D eigenvalue weighted by Crippen LogP contribution is 2.40. The van der Waals surface area contributed by atoms with E-state index in [0.29, 0.717) is 22.8 Å². The van der Waals surface area contributed by atoms with E-state index in [9.17, 15) is 10.2 Å². The number of nitrogens with zero attached hydrogens (tertiary/aromatic N) is 2. The number of piperidine rings is 1. The number of ether oxygens (including phenoxy) is 2. The van der Waals surface area contributed by atoms with Crippen LogP contribution in [0.15, 0.2) is 53.6 Å². The lowest BCUT2D eigenvalue weighted by Crippen LogP contribution is -2.42. The average Bonchev–Trinajstić information content (AvgIpc) is 2.94. The molecular formula is C29H37ClN2O4S. The quantitative estimate of drug-likeness (QED) is 0.215. The number of pyridine rings is 1. The zero-order chi connectivity index (χ0) is 26.3. The Labute approximate surface area is 228 Å². The molecule has 37 heavy (non-hydrogen) atoms. The Morgan fingerprint density at radius 3 is 2.46 bits per heavy atom. The standard InChI is InChI=1S/C29H37ClN2O4S/c1-35-21-4-7-23(8-5-21)37-17-3-14-32-15-12-29(20-33,13-16-32)11-10-27(34)28-24-18-22(36-2)6-9-26(24)31-19-25(28)30/h4-9,18-19,27,33-34H,3,10-17,20H2,1-2H3/t27-/m1/s1. The highest BCUT2D eigenvalue weighted by molar-refractivity contribution is 7.99. The lowest BCUT2D eigenvalue weighted by atomic mass is 9.74. The van der Waals surface area contributed by atoms with Gasteiger partial charge < -0.3 is 24.6 Å². The van der Waals surface area contributed by atoms with Crippen molar-refractivity contribution >= 4 is 34.3 Å². The molecule has 2 aromatic carbocycles. The van der Waals surface area contributed by atoms with E-state index in [2.05, 4.69) is 22.0 Å². The number of halogens is 1. The predicted octanol–water partition coefficient (Wildman–Crippen LogP) is 5.98. The maximum atomic E-state index is 11.2. The molecular weight excluding hydrogens is 508 g/mol.